The van der Waals surface area contributed by atoms with Gasteiger partial charge in [0.25, 0.3) is 0 Å². The maximum Gasteiger partial charge on any atom is 0.462 e. The second-order valence-electron chi connectivity index (χ2n) is 6.92. The first-order chi connectivity index (χ1) is 9.44. The molecule has 0 aromatic heterocycles. The lowest BCUT2D eigenvalue weighted by molar-refractivity contribution is 0.0181. The van der Waals surface area contributed by atoms with Crippen LogP contribution in [0.5, 0.6) is 0 Å². The van der Waals surface area contributed by atoms with Gasteiger partial charge in [0, 0.05) is 13.1 Å². The molecule has 0 bridgehead atoms. The number of rotatable bonds is 12. The third kappa shape index (κ3) is 9.40. The molecular formula is C17H38AlNO. The van der Waals surface area contributed by atoms with Gasteiger partial charge in [-0.15, -0.1) is 0 Å². The van der Waals surface area contributed by atoms with Crippen molar-refractivity contribution in [2.45, 2.75) is 84.5 Å². The van der Waals surface area contributed by atoms with Gasteiger partial charge in [0.1, 0.15) is 0 Å². The Labute approximate surface area is 133 Å². The van der Waals surface area contributed by atoms with E-state index in [0.717, 1.165) is 18.3 Å². The fourth-order valence-electron chi connectivity index (χ4n) is 2.90. The van der Waals surface area contributed by atoms with Crippen molar-refractivity contribution in [3.05, 3.63) is 0 Å². The van der Waals surface area contributed by atoms with Gasteiger partial charge in [-0.3, -0.25) is 4.90 Å². The Bertz CT molecular complexity index is 205. The third-order valence-electron chi connectivity index (χ3n) is 3.60. The van der Waals surface area contributed by atoms with Gasteiger partial charge >= 0.3 is 14.5 Å². The van der Waals surface area contributed by atoms with Gasteiger partial charge in [-0.2, -0.15) is 0 Å². The van der Waals surface area contributed by atoms with Gasteiger partial charge in [-0.25, -0.2) is 0 Å². The molecule has 0 aromatic carbocycles. The Morgan fingerprint density at radius 2 is 1.30 bits per heavy atom. The minimum absolute atomic E-state index is 0.365. The maximum atomic E-state index is 6.65. The van der Waals surface area contributed by atoms with Gasteiger partial charge in [-0.1, -0.05) is 70.9 Å². The first kappa shape index (κ1) is 20.5. The van der Waals surface area contributed by atoms with Gasteiger partial charge in [0.2, 0.25) is 0 Å². The molecule has 0 radical (unpaired) electrons. The highest BCUT2D eigenvalue weighted by atomic mass is 27.2. The van der Waals surface area contributed by atoms with E-state index in [2.05, 4.69) is 53.4 Å². The molecule has 0 N–H and O–H groups in total. The smallest absolute Gasteiger partial charge is 0.462 e. The summed E-state index contributed by atoms with van der Waals surface area (Å²) in [5, 5.41) is 2.64. The molecule has 0 amide bonds. The van der Waals surface area contributed by atoms with Crippen LogP contribution in [-0.4, -0.2) is 38.7 Å². The monoisotopic (exact) mass is 299 g/mol. The van der Waals surface area contributed by atoms with Crippen molar-refractivity contribution in [1.29, 1.82) is 0 Å². The standard InChI is InChI=1S/C9H20NO.2C4H9.Al/c1-4-7-10(8-5-2)9(11)6-3;2*1-4(2)3;/h9H,4-8H2,1-3H3;2*4H,1H2,2-3H3;/q-1;;;+1. The highest BCUT2D eigenvalue weighted by Crippen LogP contribution is 2.19. The Morgan fingerprint density at radius 3 is 1.60 bits per heavy atom. The van der Waals surface area contributed by atoms with Crippen molar-refractivity contribution in [2.75, 3.05) is 13.1 Å². The molecule has 2 nitrogen and oxygen atoms in total. The van der Waals surface area contributed by atoms with Crippen LogP contribution in [0, 0.1) is 11.8 Å². The van der Waals surface area contributed by atoms with E-state index in [4.69, 9.17) is 3.79 Å². The number of hydrogen-bond acceptors (Lipinski definition) is 2. The van der Waals surface area contributed by atoms with E-state index in [-0.39, 0.29) is 0 Å². The van der Waals surface area contributed by atoms with Crippen molar-refractivity contribution >= 4 is 14.5 Å². The van der Waals surface area contributed by atoms with E-state index in [1.54, 1.807) is 0 Å². The highest BCUT2D eigenvalue weighted by Gasteiger charge is 2.28. The lowest BCUT2D eigenvalue weighted by Crippen LogP contribution is -2.42. The van der Waals surface area contributed by atoms with Crippen LogP contribution in [0.2, 0.25) is 10.6 Å². The van der Waals surface area contributed by atoms with E-state index in [1.807, 2.05) is 0 Å². The molecule has 0 aliphatic rings. The average Bonchev–Trinajstić information content (AvgIpc) is 2.34. The summed E-state index contributed by atoms with van der Waals surface area (Å²) in [6, 6.07) is 0. The lowest BCUT2D eigenvalue weighted by Gasteiger charge is -2.34. The summed E-state index contributed by atoms with van der Waals surface area (Å²) in [5.74, 6) is 1.54. The Kier molecular flexibility index (Phi) is 12.3. The largest absolute Gasteiger partial charge is 0.487 e. The van der Waals surface area contributed by atoms with Crippen molar-refractivity contribution < 1.29 is 3.79 Å². The molecule has 0 saturated heterocycles. The van der Waals surface area contributed by atoms with Crippen LogP contribution in [-0.2, 0) is 3.79 Å². The van der Waals surface area contributed by atoms with Crippen LogP contribution in [0.15, 0.2) is 0 Å². The van der Waals surface area contributed by atoms with Crippen LogP contribution in [0.25, 0.3) is 0 Å². The maximum absolute atomic E-state index is 6.65. The fourth-order valence-corrected chi connectivity index (χ4v) is 6.22. The lowest BCUT2D eigenvalue weighted by atomic mass is 10.3. The zero-order chi connectivity index (χ0) is 15.5. The Morgan fingerprint density at radius 1 is 0.850 bits per heavy atom. The van der Waals surface area contributed by atoms with Crippen LogP contribution in [0.4, 0.5) is 0 Å². The second-order valence-corrected chi connectivity index (χ2v) is 9.38. The predicted octanol–water partition coefficient (Wildman–Crippen LogP) is 5.16. The number of hydrogen-bond donors (Lipinski definition) is 0. The quantitative estimate of drug-likeness (QED) is 0.364. The molecule has 0 fully saturated rings. The fraction of sp³-hybridized carbons (Fsp3) is 1.00. The number of nitrogens with zero attached hydrogens (tertiary/aromatic N) is 1. The van der Waals surface area contributed by atoms with E-state index >= 15 is 0 Å². The predicted molar refractivity (Wildman–Crippen MR) is 92.4 cm³/mol. The molecule has 120 valence electrons. The summed E-state index contributed by atoms with van der Waals surface area (Å²) in [6.45, 7) is 18.5. The summed E-state index contributed by atoms with van der Waals surface area (Å²) >= 11 is -1.07. The normalized spacial score (nSPS) is 13.5. The summed E-state index contributed by atoms with van der Waals surface area (Å²) in [7, 11) is 0. The van der Waals surface area contributed by atoms with Gasteiger partial charge in [0.15, 0.2) is 0 Å². The molecule has 0 heterocycles. The van der Waals surface area contributed by atoms with Gasteiger partial charge in [-0.05, 0) is 19.3 Å². The summed E-state index contributed by atoms with van der Waals surface area (Å²) in [4.78, 5) is 2.57. The molecule has 0 spiro atoms. The van der Waals surface area contributed by atoms with Crippen LogP contribution in [0.1, 0.15) is 67.7 Å². The molecule has 1 atom stereocenters. The van der Waals surface area contributed by atoms with E-state index in [1.165, 1.54) is 36.5 Å². The zero-order valence-electron chi connectivity index (χ0n) is 15.1. The zero-order valence-corrected chi connectivity index (χ0v) is 16.3. The van der Waals surface area contributed by atoms with E-state index in [9.17, 15) is 0 Å². The minimum atomic E-state index is -1.07. The van der Waals surface area contributed by atoms with E-state index in [0.29, 0.717) is 6.23 Å². The Hall–Kier alpha value is 0.452. The highest BCUT2D eigenvalue weighted by molar-refractivity contribution is 6.52. The van der Waals surface area contributed by atoms with E-state index < -0.39 is 14.5 Å². The second kappa shape index (κ2) is 12.0. The SMILES string of the molecule is CCCN(CCC)C(CC)[O][Al]([CH2]C(C)C)[CH2]C(C)C. The molecule has 0 rings (SSSR count). The van der Waals surface area contributed by atoms with Crippen LogP contribution < -0.4 is 0 Å². The first-order valence-electron chi connectivity index (χ1n) is 8.83. The van der Waals surface area contributed by atoms with Crippen molar-refractivity contribution in [1.82, 2.24) is 4.90 Å². The molecule has 0 aliphatic carbocycles. The molecule has 3 heteroatoms. The molecule has 0 aliphatic heterocycles. The molecule has 0 saturated carbocycles. The molecule has 20 heavy (non-hydrogen) atoms. The third-order valence-corrected chi connectivity index (χ3v) is 7.23. The van der Waals surface area contributed by atoms with Crippen molar-refractivity contribution in [2.24, 2.45) is 11.8 Å². The van der Waals surface area contributed by atoms with Gasteiger partial charge < -0.3 is 3.79 Å². The Balaban J connectivity index is 4.64. The molecular weight excluding hydrogens is 261 g/mol. The van der Waals surface area contributed by atoms with Crippen molar-refractivity contribution in [3.63, 3.8) is 0 Å². The molecule has 1 unspecified atom stereocenters. The van der Waals surface area contributed by atoms with Crippen molar-refractivity contribution in [3.8, 4) is 0 Å². The topological polar surface area (TPSA) is 12.5 Å². The minimum Gasteiger partial charge on any atom is -0.487 e. The summed E-state index contributed by atoms with van der Waals surface area (Å²) < 4.78 is 6.65. The summed E-state index contributed by atoms with van der Waals surface area (Å²) in [6.07, 6.45) is 3.93. The van der Waals surface area contributed by atoms with Crippen LogP contribution in [0.3, 0.4) is 0 Å². The van der Waals surface area contributed by atoms with Crippen LogP contribution >= 0.6 is 0 Å². The van der Waals surface area contributed by atoms with Gasteiger partial charge in [0.05, 0.1) is 6.23 Å². The summed E-state index contributed by atoms with van der Waals surface area (Å²) in [5.41, 5.74) is 0. The average molecular weight is 299 g/mol. The first-order valence-corrected chi connectivity index (χ1v) is 10.9. The molecule has 0 aromatic rings.